The highest BCUT2D eigenvalue weighted by Crippen LogP contribution is 2.19. The normalized spacial score (nSPS) is 12.8. The molecular formula is C18H30O4S4. The summed E-state index contributed by atoms with van der Waals surface area (Å²) in [5.74, 6) is 5.47. The van der Waals surface area contributed by atoms with E-state index in [1.54, 1.807) is 0 Å². The van der Waals surface area contributed by atoms with Crippen LogP contribution >= 0.6 is 47.0 Å². The van der Waals surface area contributed by atoms with Gasteiger partial charge in [-0.15, -0.1) is 0 Å². The van der Waals surface area contributed by atoms with E-state index < -0.39 is 0 Å². The summed E-state index contributed by atoms with van der Waals surface area (Å²) in [7, 11) is 0. The summed E-state index contributed by atoms with van der Waals surface area (Å²) in [4.78, 5) is 21.8. The minimum Gasteiger partial charge on any atom is -0.462 e. The molecule has 0 aliphatic carbocycles. The highest BCUT2D eigenvalue weighted by Gasteiger charge is 2.06. The fraction of sp³-hybridized carbons (Fsp3) is 0.667. The van der Waals surface area contributed by atoms with Gasteiger partial charge in [-0.3, -0.25) is 0 Å². The second-order valence-electron chi connectivity index (χ2n) is 5.26. The predicted octanol–water partition coefficient (Wildman–Crippen LogP) is 4.15. The van der Waals surface area contributed by atoms with Crippen LogP contribution in [0.1, 0.15) is 13.8 Å². The summed E-state index contributed by atoms with van der Waals surface area (Å²) in [6.45, 7) is 12.0. The lowest BCUT2D eigenvalue weighted by Gasteiger charge is -2.12. The van der Waals surface area contributed by atoms with Crippen molar-refractivity contribution in [2.75, 3.05) is 47.7 Å². The molecule has 8 heteroatoms. The topological polar surface area (TPSA) is 52.6 Å². The quantitative estimate of drug-likeness (QED) is 0.191. The van der Waals surface area contributed by atoms with Crippen LogP contribution in [0.4, 0.5) is 0 Å². The molecule has 2 unspecified atom stereocenters. The molecule has 0 aromatic rings. The molecule has 0 heterocycles. The van der Waals surface area contributed by atoms with Gasteiger partial charge in [0.2, 0.25) is 0 Å². The number of esters is 2. The molecule has 0 aliphatic heterocycles. The Morgan fingerprint density at radius 2 is 1.19 bits per heavy atom. The molecule has 0 amide bonds. The third-order valence-corrected chi connectivity index (χ3v) is 8.28. The van der Waals surface area contributed by atoms with E-state index in [0.717, 1.165) is 34.5 Å². The molecule has 0 aliphatic rings. The molecule has 0 radical (unpaired) electrons. The number of thioether (sulfide) groups is 4. The molecule has 0 fully saturated rings. The van der Waals surface area contributed by atoms with Crippen molar-refractivity contribution in [1.82, 2.24) is 0 Å². The summed E-state index contributed by atoms with van der Waals surface area (Å²) in [6, 6.07) is 0. The predicted molar refractivity (Wildman–Crippen MR) is 121 cm³/mol. The number of ether oxygens (including phenoxy) is 2. The molecule has 0 spiro atoms. The number of hydrogen-bond donors (Lipinski definition) is 0. The third-order valence-electron chi connectivity index (χ3n) is 2.87. The van der Waals surface area contributed by atoms with Crippen LogP contribution < -0.4 is 0 Å². The molecule has 0 N–H and O–H groups in total. The first kappa shape index (κ1) is 25.8. The monoisotopic (exact) mass is 438 g/mol. The highest BCUT2D eigenvalue weighted by molar-refractivity contribution is 8.05. The Bertz CT molecular complexity index is 380. The van der Waals surface area contributed by atoms with Gasteiger partial charge in [0, 0.05) is 57.2 Å². The summed E-state index contributed by atoms with van der Waals surface area (Å²) < 4.78 is 9.91. The largest absolute Gasteiger partial charge is 0.462 e. The zero-order valence-electron chi connectivity index (χ0n) is 15.6. The molecule has 26 heavy (non-hydrogen) atoms. The van der Waals surface area contributed by atoms with Gasteiger partial charge in [-0.1, -0.05) is 27.0 Å². The third kappa shape index (κ3) is 17.2. The average Bonchev–Trinajstić information content (AvgIpc) is 2.64. The minimum absolute atomic E-state index is 0.352. The molecule has 0 saturated heterocycles. The molecule has 4 nitrogen and oxygen atoms in total. The smallest absolute Gasteiger partial charge is 0.330 e. The van der Waals surface area contributed by atoms with E-state index in [0.29, 0.717) is 23.7 Å². The van der Waals surface area contributed by atoms with Crippen molar-refractivity contribution in [3.05, 3.63) is 25.3 Å². The molecule has 2 atom stereocenters. The van der Waals surface area contributed by atoms with Gasteiger partial charge in [0.05, 0.1) is 0 Å². The summed E-state index contributed by atoms with van der Waals surface area (Å²) in [6.07, 6.45) is 2.39. The number of rotatable bonds is 17. The fourth-order valence-corrected chi connectivity index (χ4v) is 6.06. The van der Waals surface area contributed by atoms with Gasteiger partial charge in [0.1, 0.15) is 13.2 Å². The number of carbonyl (C=O) groups is 2. The summed E-state index contributed by atoms with van der Waals surface area (Å²) >= 11 is 7.60. The van der Waals surface area contributed by atoms with Gasteiger partial charge >= 0.3 is 11.9 Å². The van der Waals surface area contributed by atoms with E-state index in [9.17, 15) is 9.59 Å². The van der Waals surface area contributed by atoms with Gasteiger partial charge in [-0.05, 0) is 0 Å². The van der Waals surface area contributed by atoms with Crippen molar-refractivity contribution in [1.29, 1.82) is 0 Å². The Hall–Kier alpha value is -0.180. The van der Waals surface area contributed by atoms with Crippen LogP contribution in [0.15, 0.2) is 25.3 Å². The second-order valence-corrected chi connectivity index (χ2v) is 10.6. The van der Waals surface area contributed by atoms with Crippen LogP contribution in [0.25, 0.3) is 0 Å². The van der Waals surface area contributed by atoms with E-state index in [-0.39, 0.29) is 11.9 Å². The Kier molecular flexibility index (Phi) is 18.1. The van der Waals surface area contributed by atoms with Gasteiger partial charge in [0.25, 0.3) is 0 Å². The van der Waals surface area contributed by atoms with E-state index in [2.05, 4.69) is 27.0 Å². The first-order valence-electron chi connectivity index (χ1n) is 8.46. The lowest BCUT2D eigenvalue weighted by molar-refractivity contribution is -0.138. The Labute approximate surface area is 175 Å². The molecule has 0 aromatic carbocycles. The van der Waals surface area contributed by atoms with Crippen molar-refractivity contribution in [2.45, 2.75) is 24.3 Å². The lowest BCUT2D eigenvalue weighted by Crippen LogP contribution is -2.09. The fourth-order valence-electron chi connectivity index (χ4n) is 1.61. The first-order chi connectivity index (χ1) is 12.5. The van der Waals surface area contributed by atoms with Crippen LogP contribution in [-0.2, 0) is 19.1 Å². The Balaban J connectivity index is 3.40. The zero-order valence-corrected chi connectivity index (χ0v) is 18.9. The maximum atomic E-state index is 10.9. The highest BCUT2D eigenvalue weighted by atomic mass is 32.2. The molecule has 0 aromatic heterocycles. The number of carbonyl (C=O) groups excluding carboxylic acids is 2. The zero-order chi connectivity index (χ0) is 19.6. The Morgan fingerprint density at radius 1 is 0.808 bits per heavy atom. The van der Waals surface area contributed by atoms with Gasteiger partial charge < -0.3 is 9.47 Å². The minimum atomic E-state index is -0.352. The van der Waals surface area contributed by atoms with Crippen LogP contribution in [0, 0.1) is 0 Å². The SMILES string of the molecule is C=CC(=O)OCCSC(C)CSCCSCC(C)SCCOC(=O)C=C. The van der Waals surface area contributed by atoms with Crippen molar-refractivity contribution < 1.29 is 19.1 Å². The summed E-state index contributed by atoms with van der Waals surface area (Å²) in [5.41, 5.74) is 0. The van der Waals surface area contributed by atoms with Crippen molar-refractivity contribution in [3.8, 4) is 0 Å². The van der Waals surface area contributed by atoms with Crippen LogP contribution in [-0.4, -0.2) is 70.2 Å². The number of hydrogen-bond acceptors (Lipinski definition) is 8. The van der Waals surface area contributed by atoms with Gasteiger partial charge in [-0.25, -0.2) is 9.59 Å². The Morgan fingerprint density at radius 3 is 1.54 bits per heavy atom. The van der Waals surface area contributed by atoms with E-state index >= 15 is 0 Å². The van der Waals surface area contributed by atoms with E-state index in [1.807, 2.05) is 47.0 Å². The van der Waals surface area contributed by atoms with Crippen molar-refractivity contribution in [3.63, 3.8) is 0 Å². The summed E-state index contributed by atoms with van der Waals surface area (Å²) in [5, 5.41) is 1.11. The van der Waals surface area contributed by atoms with Crippen LogP contribution in [0.2, 0.25) is 0 Å². The standard InChI is InChI=1S/C18H30O4S4/c1-5-17(19)21-7-9-25-15(3)13-23-11-12-24-14-16(4)26-10-8-22-18(20)6-2/h5-6,15-16H,1-2,7-14H2,3-4H3. The van der Waals surface area contributed by atoms with E-state index in [1.165, 1.54) is 12.2 Å². The molecule has 0 rings (SSSR count). The van der Waals surface area contributed by atoms with Gasteiger partial charge in [0.15, 0.2) is 0 Å². The molecule has 0 saturated carbocycles. The first-order valence-corrected chi connectivity index (χ1v) is 12.9. The van der Waals surface area contributed by atoms with Crippen molar-refractivity contribution >= 4 is 59.0 Å². The molecular weight excluding hydrogens is 408 g/mol. The second kappa shape index (κ2) is 18.2. The maximum absolute atomic E-state index is 10.9. The molecule has 0 bridgehead atoms. The van der Waals surface area contributed by atoms with E-state index in [4.69, 9.17) is 9.47 Å². The lowest BCUT2D eigenvalue weighted by atomic mass is 10.6. The van der Waals surface area contributed by atoms with Crippen LogP contribution in [0.5, 0.6) is 0 Å². The van der Waals surface area contributed by atoms with Gasteiger partial charge in [-0.2, -0.15) is 47.0 Å². The van der Waals surface area contributed by atoms with Crippen LogP contribution in [0.3, 0.4) is 0 Å². The average molecular weight is 439 g/mol. The maximum Gasteiger partial charge on any atom is 0.330 e. The van der Waals surface area contributed by atoms with Crippen molar-refractivity contribution in [2.24, 2.45) is 0 Å². The molecule has 150 valence electrons.